The summed E-state index contributed by atoms with van der Waals surface area (Å²) in [4.78, 5) is 36.4. The van der Waals surface area contributed by atoms with Crippen LogP contribution in [-0.2, 0) is 14.3 Å². The van der Waals surface area contributed by atoms with E-state index in [1.54, 1.807) is 26.2 Å². The average molecular weight is 346 g/mol. The molecule has 1 aliphatic rings. The maximum atomic E-state index is 12.0. The second-order valence-electron chi connectivity index (χ2n) is 6.60. The van der Waals surface area contributed by atoms with Gasteiger partial charge in [0.2, 0.25) is 5.91 Å². The minimum Gasteiger partial charge on any atom is -0.452 e. The summed E-state index contributed by atoms with van der Waals surface area (Å²) in [7, 11) is 3.21. The summed E-state index contributed by atoms with van der Waals surface area (Å²) in [6.45, 7) is -0.511. The predicted octanol–water partition coefficient (Wildman–Crippen LogP) is 2.10. The van der Waals surface area contributed by atoms with Crippen LogP contribution in [0.4, 0.5) is 0 Å². The van der Waals surface area contributed by atoms with E-state index in [-0.39, 0.29) is 12.5 Å². The quantitative estimate of drug-likeness (QED) is 0.801. The number of ether oxygens (including phenoxy) is 1. The van der Waals surface area contributed by atoms with E-state index in [0.717, 1.165) is 0 Å². The molecule has 6 heteroatoms. The zero-order valence-corrected chi connectivity index (χ0v) is 14.9. The van der Waals surface area contributed by atoms with Gasteiger partial charge in [0.1, 0.15) is 0 Å². The Balaban J connectivity index is 1.78. The van der Waals surface area contributed by atoms with Gasteiger partial charge in [-0.2, -0.15) is 0 Å². The van der Waals surface area contributed by atoms with Crippen LogP contribution in [0.25, 0.3) is 0 Å². The van der Waals surface area contributed by atoms with Crippen LogP contribution in [0.1, 0.15) is 53.9 Å². The molecule has 1 aromatic carbocycles. The molecule has 1 fully saturated rings. The van der Waals surface area contributed by atoms with E-state index in [0.29, 0.717) is 11.5 Å². The van der Waals surface area contributed by atoms with Crippen molar-refractivity contribution in [3.63, 3.8) is 0 Å². The molecule has 0 heterocycles. The highest BCUT2D eigenvalue weighted by atomic mass is 16.5. The lowest BCUT2D eigenvalue weighted by Crippen LogP contribution is -2.38. The number of rotatable bonds is 6. The molecule has 2 amide bonds. The van der Waals surface area contributed by atoms with Gasteiger partial charge in [0.25, 0.3) is 5.91 Å². The molecule has 1 aromatic rings. The molecule has 0 atom stereocenters. The minimum absolute atomic E-state index is 0.112. The summed E-state index contributed by atoms with van der Waals surface area (Å²) >= 11 is 0. The van der Waals surface area contributed by atoms with E-state index in [2.05, 4.69) is 5.32 Å². The third-order valence-electron chi connectivity index (χ3n) is 4.49. The Labute approximate surface area is 148 Å². The Morgan fingerprint density at radius 2 is 1.72 bits per heavy atom. The normalized spacial score (nSPS) is 14.6. The molecule has 25 heavy (non-hydrogen) atoms. The first kappa shape index (κ1) is 19.0. The Kier molecular flexibility index (Phi) is 6.98. The molecule has 1 saturated carbocycles. The maximum absolute atomic E-state index is 12.0. The first-order valence-corrected chi connectivity index (χ1v) is 8.71. The van der Waals surface area contributed by atoms with E-state index in [9.17, 15) is 14.4 Å². The fourth-order valence-corrected chi connectivity index (χ4v) is 2.93. The lowest BCUT2D eigenvalue weighted by molar-refractivity contribution is -0.131. The van der Waals surface area contributed by atoms with Gasteiger partial charge in [-0.3, -0.25) is 9.59 Å². The van der Waals surface area contributed by atoms with Crippen molar-refractivity contribution in [3.8, 4) is 0 Å². The maximum Gasteiger partial charge on any atom is 0.338 e. The zero-order chi connectivity index (χ0) is 18.2. The Morgan fingerprint density at radius 1 is 1.08 bits per heavy atom. The molecule has 0 aromatic heterocycles. The first-order chi connectivity index (χ1) is 12.0. The van der Waals surface area contributed by atoms with Gasteiger partial charge in [0, 0.05) is 14.1 Å². The third kappa shape index (κ3) is 5.89. The van der Waals surface area contributed by atoms with E-state index >= 15 is 0 Å². The summed E-state index contributed by atoms with van der Waals surface area (Å²) in [5.74, 6) is -0.677. The summed E-state index contributed by atoms with van der Waals surface area (Å²) < 4.78 is 4.99. The number of nitrogens with zero attached hydrogens (tertiary/aromatic N) is 1. The van der Waals surface area contributed by atoms with Gasteiger partial charge in [-0.25, -0.2) is 4.79 Å². The number of amides is 2. The fraction of sp³-hybridized carbons (Fsp3) is 0.526. The van der Waals surface area contributed by atoms with Gasteiger partial charge in [-0.15, -0.1) is 0 Å². The highest BCUT2D eigenvalue weighted by molar-refractivity contribution is 5.92. The Hall–Kier alpha value is -2.37. The van der Waals surface area contributed by atoms with Gasteiger partial charge in [0.05, 0.1) is 12.1 Å². The van der Waals surface area contributed by atoms with E-state index in [1.165, 1.54) is 42.6 Å². The number of benzene rings is 1. The van der Waals surface area contributed by atoms with E-state index in [1.807, 2.05) is 12.1 Å². The van der Waals surface area contributed by atoms with Crippen molar-refractivity contribution in [2.75, 3.05) is 27.2 Å². The number of carbonyl (C=O) groups excluding carboxylic acids is 3. The smallest absolute Gasteiger partial charge is 0.338 e. The zero-order valence-electron chi connectivity index (χ0n) is 14.9. The summed E-state index contributed by atoms with van der Waals surface area (Å²) in [5, 5.41) is 2.42. The fourth-order valence-electron chi connectivity index (χ4n) is 2.93. The molecule has 0 radical (unpaired) electrons. The molecule has 0 saturated heterocycles. The number of hydrogen-bond donors (Lipinski definition) is 1. The largest absolute Gasteiger partial charge is 0.452 e. The van der Waals surface area contributed by atoms with Gasteiger partial charge >= 0.3 is 5.97 Å². The molecular weight excluding hydrogens is 320 g/mol. The Bertz CT molecular complexity index is 604. The van der Waals surface area contributed by atoms with Crippen molar-refractivity contribution < 1.29 is 19.1 Å². The second kappa shape index (κ2) is 9.20. The average Bonchev–Trinajstić information content (AvgIpc) is 2.64. The molecule has 136 valence electrons. The monoisotopic (exact) mass is 346 g/mol. The van der Waals surface area contributed by atoms with Crippen LogP contribution >= 0.6 is 0 Å². The van der Waals surface area contributed by atoms with Crippen molar-refractivity contribution in [3.05, 3.63) is 35.4 Å². The Morgan fingerprint density at radius 3 is 2.32 bits per heavy atom. The highest BCUT2D eigenvalue weighted by Gasteiger charge is 2.16. The molecule has 1 aliphatic carbocycles. The van der Waals surface area contributed by atoms with Crippen molar-refractivity contribution in [1.82, 2.24) is 10.2 Å². The van der Waals surface area contributed by atoms with Crippen LogP contribution in [0, 0.1) is 0 Å². The second-order valence-corrected chi connectivity index (χ2v) is 6.60. The number of likely N-dealkylation sites (N-methyl/N-ethyl adjacent to an activating group) is 1. The highest BCUT2D eigenvalue weighted by Crippen LogP contribution is 2.32. The number of carbonyl (C=O) groups is 3. The lowest BCUT2D eigenvalue weighted by Gasteiger charge is -2.21. The van der Waals surface area contributed by atoms with Crippen LogP contribution in [0.5, 0.6) is 0 Å². The number of hydrogen-bond acceptors (Lipinski definition) is 4. The summed E-state index contributed by atoms with van der Waals surface area (Å²) in [5.41, 5.74) is 1.69. The molecule has 0 unspecified atom stereocenters. The van der Waals surface area contributed by atoms with Gasteiger partial charge in [-0.05, 0) is 36.5 Å². The van der Waals surface area contributed by atoms with Crippen LogP contribution in [0.15, 0.2) is 24.3 Å². The van der Waals surface area contributed by atoms with Crippen LogP contribution in [0.2, 0.25) is 0 Å². The third-order valence-corrected chi connectivity index (χ3v) is 4.49. The van der Waals surface area contributed by atoms with Crippen LogP contribution < -0.4 is 5.32 Å². The molecule has 1 N–H and O–H groups in total. The standard InChI is InChI=1S/C19H26N2O4/c1-21(2)18(23)12-20-17(22)13-25-19(24)16-10-8-15(9-11-16)14-6-4-3-5-7-14/h8-11,14H,3-7,12-13H2,1-2H3,(H,20,22). The number of esters is 1. The van der Waals surface area contributed by atoms with Crippen molar-refractivity contribution in [2.24, 2.45) is 0 Å². The van der Waals surface area contributed by atoms with Gasteiger partial charge in [-0.1, -0.05) is 31.4 Å². The van der Waals surface area contributed by atoms with Crippen molar-refractivity contribution >= 4 is 17.8 Å². The van der Waals surface area contributed by atoms with Gasteiger partial charge < -0.3 is 15.0 Å². The molecular formula is C19H26N2O4. The number of nitrogens with one attached hydrogen (secondary N) is 1. The molecule has 0 aliphatic heterocycles. The van der Waals surface area contributed by atoms with Crippen molar-refractivity contribution in [2.45, 2.75) is 38.0 Å². The minimum atomic E-state index is -0.538. The lowest BCUT2D eigenvalue weighted by atomic mass is 9.84. The predicted molar refractivity (Wildman–Crippen MR) is 94.3 cm³/mol. The van der Waals surface area contributed by atoms with Crippen LogP contribution in [0.3, 0.4) is 0 Å². The molecule has 2 rings (SSSR count). The van der Waals surface area contributed by atoms with Crippen molar-refractivity contribution in [1.29, 1.82) is 0 Å². The molecule has 0 bridgehead atoms. The summed E-state index contributed by atoms with van der Waals surface area (Å²) in [6.07, 6.45) is 6.24. The SMILES string of the molecule is CN(C)C(=O)CNC(=O)COC(=O)c1ccc(C2CCCCC2)cc1. The van der Waals surface area contributed by atoms with Crippen LogP contribution in [-0.4, -0.2) is 49.9 Å². The van der Waals surface area contributed by atoms with E-state index < -0.39 is 18.5 Å². The molecule has 0 spiro atoms. The molecule has 6 nitrogen and oxygen atoms in total. The topological polar surface area (TPSA) is 75.7 Å². The summed E-state index contributed by atoms with van der Waals surface area (Å²) in [6, 6.07) is 7.45. The van der Waals surface area contributed by atoms with E-state index in [4.69, 9.17) is 4.74 Å². The first-order valence-electron chi connectivity index (χ1n) is 8.71. The van der Waals surface area contributed by atoms with Gasteiger partial charge in [0.15, 0.2) is 6.61 Å².